The first-order valence-electron chi connectivity index (χ1n) is 7.41. The third-order valence-electron chi connectivity index (χ3n) is 3.99. The third kappa shape index (κ3) is 2.79. The minimum atomic E-state index is 0.496. The predicted octanol–water partition coefficient (Wildman–Crippen LogP) is 4.05. The van der Waals surface area contributed by atoms with Crippen LogP contribution in [0, 0.1) is 0 Å². The highest BCUT2D eigenvalue weighted by molar-refractivity contribution is 7.99. The lowest BCUT2D eigenvalue weighted by Gasteiger charge is -2.23. The molecule has 3 heteroatoms. The van der Waals surface area contributed by atoms with Crippen LogP contribution in [-0.4, -0.2) is 23.0 Å². The first-order valence-corrected chi connectivity index (χ1v) is 8.57. The Balaban J connectivity index is 1.71. The van der Waals surface area contributed by atoms with Crippen LogP contribution in [0.4, 0.5) is 0 Å². The normalized spacial score (nSPS) is 18.1. The zero-order valence-corrected chi connectivity index (χ0v) is 12.6. The van der Waals surface area contributed by atoms with Crippen molar-refractivity contribution in [2.24, 2.45) is 0 Å². The fourth-order valence-corrected chi connectivity index (χ4v) is 3.69. The fourth-order valence-electron chi connectivity index (χ4n) is 3.09. The molecule has 1 aliphatic rings. The molecule has 2 N–H and O–H groups in total. The summed E-state index contributed by atoms with van der Waals surface area (Å²) < 4.78 is 0. The lowest BCUT2D eigenvalue weighted by Crippen LogP contribution is -2.27. The molecule has 0 bridgehead atoms. The smallest absolute Gasteiger partial charge is 0.0476 e. The van der Waals surface area contributed by atoms with Gasteiger partial charge in [-0.3, -0.25) is 0 Å². The van der Waals surface area contributed by atoms with Crippen molar-refractivity contribution in [2.45, 2.75) is 25.3 Å². The summed E-state index contributed by atoms with van der Waals surface area (Å²) in [6.07, 6.45) is 5.71. The first kappa shape index (κ1) is 13.8. The molecule has 0 saturated heterocycles. The van der Waals surface area contributed by atoms with Gasteiger partial charge in [0.1, 0.15) is 0 Å². The summed E-state index contributed by atoms with van der Waals surface area (Å²) in [5, 5.41) is 5.12. The zero-order valence-electron chi connectivity index (χ0n) is 11.8. The van der Waals surface area contributed by atoms with Crippen LogP contribution in [0.15, 0.2) is 36.9 Å². The number of hydrogen-bond acceptors (Lipinski definition) is 2. The maximum absolute atomic E-state index is 3.76. The van der Waals surface area contributed by atoms with Crippen LogP contribution in [-0.2, 0) is 6.42 Å². The number of rotatable bonds is 6. The quantitative estimate of drug-likeness (QED) is 0.619. The Hall–Kier alpha value is -1.19. The minimum absolute atomic E-state index is 0.496. The van der Waals surface area contributed by atoms with Gasteiger partial charge in [0.05, 0.1) is 0 Å². The molecule has 1 unspecified atom stereocenters. The van der Waals surface area contributed by atoms with Gasteiger partial charge in [-0.15, -0.1) is 6.58 Å². The topological polar surface area (TPSA) is 27.8 Å². The molecule has 2 aromatic rings. The molecule has 0 spiro atoms. The number of para-hydroxylation sites is 1. The molecule has 1 heterocycles. The summed E-state index contributed by atoms with van der Waals surface area (Å²) in [6.45, 7) is 4.82. The Labute approximate surface area is 125 Å². The fraction of sp³-hybridized carbons (Fsp3) is 0.412. The largest absolute Gasteiger partial charge is 0.357 e. The van der Waals surface area contributed by atoms with E-state index in [9.17, 15) is 0 Å². The second-order valence-corrected chi connectivity index (χ2v) is 6.48. The van der Waals surface area contributed by atoms with E-state index in [1.807, 2.05) is 17.8 Å². The highest BCUT2D eigenvalue weighted by Crippen LogP contribution is 2.34. The van der Waals surface area contributed by atoms with Gasteiger partial charge in [-0.2, -0.15) is 11.8 Å². The van der Waals surface area contributed by atoms with Gasteiger partial charge in [0, 0.05) is 40.7 Å². The molecule has 0 saturated carbocycles. The number of H-pyrrole nitrogens is 1. The lowest BCUT2D eigenvalue weighted by molar-refractivity contribution is 0.466. The van der Waals surface area contributed by atoms with Gasteiger partial charge in [-0.1, -0.05) is 24.3 Å². The van der Waals surface area contributed by atoms with E-state index in [0.717, 1.165) is 18.1 Å². The molecule has 0 radical (unpaired) electrons. The van der Waals surface area contributed by atoms with Crippen LogP contribution in [0.25, 0.3) is 10.9 Å². The van der Waals surface area contributed by atoms with Gasteiger partial charge < -0.3 is 10.3 Å². The maximum Gasteiger partial charge on any atom is 0.0476 e. The van der Waals surface area contributed by atoms with Crippen LogP contribution < -0.4 is 5.32 Å². The SMILES string of the molecule is C=CCSCCNC1CCCc2c1[nH]c1ccccc21. The van der Waals surface area contributed by atoms with Crippen molar-refractivity contribution in [3.63, 3.8) is 0 Å². The van der Waals surface area contributed by atoms with Gasteiger partial charge >= 0.3 is 0 Å². The summed E-state index contributed by atoms with van der Waals surface area (Å²) in [5.74, 6) is 2.20. The molecular formula is C17H22N2S. The van der Waals surface area contributed by atoms with E-state index in [1.54, 1.807) is 0 Å². The Bertz CT molecular complexity index is 588. The number of benzene rings is 1. The van der Waals surface area contributed by atoms with E-state index in [2.05, 4.69) is 41.1 Å². The molecule has 1 atom stereocenters. The van der Waals surface area contributed by atoms with E-state index in [4.69, 9.17) is 0 Å². The molecule has 1 aromatic heterocycles. The molecule has 0 aliphatic heterocycles. The van der Waals surface area contributed by atoms with Crippen molar-refractivity contribution in [3.8, 4) is 0 Å². The molecule has 0 fully saturated rings. The maximum atomic E-state index is 3.76. The van der Waals surface area contributed by atoms with Crippen molar-refractivity contribution in [2.75, 3.05) is 18.1 Å². The first-order chi connectivity index (χ1) is 9.90. The highest BCUT2D eigenvalue weighted by atomic mass is 32.2. The Morgan fingerprint density at radius 1 is 1.40 bits per heavy atom. The number of nitrogens with one attached hydrogen (secondary N) is 2. The Kier molecular flexibility index (Phi) is 4.48. The standard InChI is InChI=1S/C17H22N2S/c1-2-11-20-12-10-18-16-9-5-7-14-13-6-3-4-8-15(13)19-17(14)16/h2-4,6,8,16,18-19H,1,5,7,9-12H2. The second kappa shape index (κ2) is 6.51. The average molecular weight is 286 g/mol. The Morgan fingerprint density at radius 3 is 3.20 bits per heavy atom. The van der Waals surface area contributed by atoms with Crippen molar-refractivity contribution in [1.29, 1.82) is 0 Å². The van der Waals surface area contributed by atoms with Crippen LogP contribution >= 0.6 is 11.8 Å². The number of hydrogen-bond donors (Lipinski definition) is 2. The van der Waals surface area contributed by atoms with Crippen LogP contribution in [0.2, 0.25) is 0 Å². The van der Waals surface area contributed by atoms with E-state index in [-0.39, 0.29) is 0 Å². The molecule has 0 amide bonds. The van der Waals surface area contributed by atoms with Gasteiger partial charge in [-0.05, 0) is 30.9 Å². The van der Waals surface area contributed by atoms with E-state index < -0.39 is 0 Å². The summed E-state index contributed by atoms with van der Waals surface area (Å²) in [6, 6.07) is 9.17. The zero-order chi connectivity index (χ0) is 13.8. The van der Waals surface area contributed by atoms with Gasteiger partial charge in [0.2, 0.25) is 0 Å². The number of fused-ring (bicyclic) bond motifs is 3. The summed E-state index contributed by atoms with van der Waals surface area (Å²) in [7, 11) is 0. The molecular weight excluding hydrogens is 264 g/mol. The summed E-state index contributed by atoms with van der Waals surface area (Å²) in [5.41, 5.74) is 4.24. The lowest BCUT2D eigenvalue weighted by atomic mass is 9.92. The third-order valence-corrected chi connectivity index (χ3v) is 4.95. The van der Waals surface area contributed by atoms with Crippen LogP contribution in [0.1, 0.15) is 30.1 Å². The molecule has 3 rings (SSSR count). The number of aromatic amines is 1. The monoisotopic (exact) mass is 286 g/mol. The van der Waals surface area contributed by atoms with Crippen molar-refractivity contribution in [1.82, 2.24) is 10.3 Å². The Morgan fingerprint density at radius 2 is 2.30 bits per heavy atom. The van der Waals surface area contributed by atoms with Crippen LogP contribution in [0.5, 0.6) is 0 Å². The summed E-state index contributed by atoms with van der Waals surface area (Å²) >= 11 is 1.94. The molecule has 1 aliphatic carbocycles. The van der Waals surface area contributed by atoms with Gasteiger partial charge in [0.25, 0.3) is 0 Å². The number of thioether (sulfide) groups is 1. The van der Waals surface area contributed by atoms with Crippen molar-refractivity contribution in [3.05, 3.63) is 48.2 Å². The van der Waals surface area contributed by atoms with Crippen LogP contribution in [0.3, 0.4) is 0 Å². The molecule has 2 nitrogen and oxygen atoms in total. The van der Waals surface area contributed by atoms with E-state index >= 15 is 0 Å². The molecule has 20 heavy (non-hydrogen) atoms. The average Bonchev–Trinajstić information content (AvgIpc) is 2.87. The summed E-state index contributed by atoms with van der Waals surface area (Å²) in [4.78, 5) is 3.63. The highest BCUT2D eigenvalue weighted by Gasteiger charge is 2.23. The van der Waals surface area contributed by atoms with Crippen molar-refractivity contribution < 1.29 is 0 Å². The molecule has 106 valence electrons. The predicted molar refractivity (Wildman–Crippen MR) is 89.5 cm³/mol. The van der Waals surface area contributed by atoms with Crippen molar-refractivity contribution >= 4 is 22.7 Å². The van der Waals surface area contributed by atoms with E-state index in [1.165, 1.54) is 41.4 Å². The molecule has 1 aromatic carbocycles. The number of aromatic nitrogens is 1. The van der Waals surface area contributed by atoms with Gasteiger partial charge in [0.15, 0.2) is 0 Å². The van der Waals surface area contributed by atoms with E-state index in [0.29, 0.717) is 6.04 Å². The van der Waals surface area contributed by atoms with Gasteiger partial charge in [-0.25, -0.2) is 0 Å². The second-order valence-electron chi connectivity index (χ2n) is 5.33. The minimum Gasteiger partial charge on any atom is -0.357 e. The number of aryl methyl sites for hydroxylation is 1.